The predicted molar refractivity (Wildman–Crippen MR) is 109 cm³/mol. The molecule has 0 saturated carbocycles. The van der Waals surface area contributed by atoms with E-state index in [-0.39, 0.29) is 0 Å². The van der Waals surface area contributed by atoms with E-state index >= 15 is 0 Å². The van der Waals surface area contributed by atoms with Crippen LogP contribution < -0.4 is 21.5 Å². The van der Waals surface area contributed by atoms with Crippen LogP contribution >= 0.6 is 40.4 Å². The van der Waals surface area contributed by atoms with Gasteiger partial charge in [0.1, 0.15) is 0 Å². The molecule has 0 radical (unpaired) electrons. The first-order chi connectivity index (χ1) is 11.0. The maximum absolute atomic E-state index is 5.26. The maximum Gasteiger partial charge on any atom is 0.189 e. The molecule has 0 aliphatic rings. The monoisotopic (exact) mass is 408 g/mol. The van der Waals surface area contributed by atoms with Crippen molar-refractivity contribution >= 4 is 62.0 Å². The predicted octanol–water partition coefficient (Wildman–Crippen LogP) is 4.25. The Bertz CT molecular complexity index is 734. The molecule has 0 saturated heterocycles. The number of benzene rings is 2. The minimum atomic E-state index is 0.424. The largest absolute Gasteiger partial charge is 0.331 e. The van der Waals surface area contributed by atoms with E-state index in [4.69, 9.17) is 24.4 Å². The molecule has 2 aromatic carbocycles. The average molecular weight is 409 g/mol. The summed E-state index contributed by atoms with van der Waals surface area (Å²) in [6.45, 7) is 4.11. The van der Waals surface area contributed by atoms with Gasteiger partial charge in [-0.1, -0.05) is 34.1 Å². The first kappa shape index (κ1) is 17.7. The average Bonchev–Trinajstić information content (AvgIpc) is 2.50. The van der Waals surface area contributed by atoms with Crippen LogP contribution in [-0.2, 0) is 0 Å². The molecule has 0 fully saturated rings. The van der Waals surface area contributed by atoms with Gasteiger partial charge in [-0.3, -0.25) is 10.9 Å². The Balaban J connectivity index is 1.84. The fourth-order valence-electron chi connectivity index (χ4n) is 1.88. The summed E-state index contributed by atoms with van der Waals surface area (Å²) in [4.78, 5) is 0. The van der Waals surface area contributed by atoms with Gasteiger partial charge in [0.05, 0.1) is 0 Å². The standard InChI is InChI=1S/C16H17BrN4S2/c1-10-5-3-8-14(11(10)2)19-16(23)21-20-15(22)18-13-7-4-6-12(17)9-13/h3-9H,1-2H3,(H2,18,20,22)(H2,19,21,23). The van der Waals surface area contributed by atoms with E-state index in [1.54, 1.807) is 0 Å². The van der Waals surface area contributed by atoms with Gasteiger partial charge < -0.3 is 10.6 Å². The lowest BCUT2D eigenvalue weighted by Gasteiger charge is -2.16. The van der Waals surface area contributed by atoms with E-state index in [9.17, 15) is 0 Å². The number of hydrogen-bond acceptors (Lipinski definition) is 2. The summed E-state index contributed by atoms with van der Waals surface area (Å²) in [5.74, 6) is 0. The number of halogens is 1. The van der Waals surface area contributed by atoms with Gasteiger partial charge in [0, 0.05) is 15.8 Å². The van der Waals surface area contributed by atoms with Crippen molar-refractivity contribution in [2.75, 3.05) is 10.6 Å². The van der Waals surface area contributed by atoms with Gasteiger partial charge in [-0.25, -0.2) is 0 Å². The normalized spacial score (nSPS) is 9.87. The van der Waals surface area contributed by atoms with Crippen LogP contribution in [0.4, 0.5) is 11.4 Å². The zero-order chi connectivity index (χ0) is 16.8. The van der Waals surface area contributed by atoms with Crippen molar-refractivity contribution in [1.29, 1.82) is 0 Å². The highest BCUT2D eigenvalue weighted by molar-refractivity contribution is 9.10. The Hall–Kier alpha value is -1.70. The van der Waals surface area contributed by atoms with E-state index in [0.717, 1.165) is 21.4 Å². The number of anilines is 2. The smallest absolute Gasteiger partial charge is 0.189 e. The molecule has 23 heavy (non-hydrogen) atoms. The van der Waals surface area contributed by atoms with Crippen molar-refractivity contribution in [2.45, 2.75) is 13.8 Å². The summed E-state index contributed by atoms with van der Waals surface area (Å²) in [5, 5.41) is 7.07. The third-order valence-corrected chi connectivity index (χ3v) is 4.13. The number of hydrogen-bond donors (Lipinski definition) is 4. The maximum atomic E-state index is 5.26. The highest BCUT2D eigenvalue weighted by atomic mass is 79.9. The van der Waals surface area contributed by atoms with Crippen LogP contribution in [0.25, 0.3) is 0 Å². The van der Waals surface area contributed by atoms with Crippen molar-refractivity contribution in [3.8, 4) is 0 Å². The van der Waals surface area contributed by atoms with E-state index in [1.165, 1.54) is 5.56 Å². The Kier molecular flexibility index (Phi) is 6.32. The molecule has 0 aliphatic heterocycles. The van der Waals surface area contributed by atoms with Crippen LogP contribution in [0.15, 0.2) is 46.9 Å². The van der Waals surface area contributed by atoms with E-state index in [2.05, 4.69) is 50.4 Å². The summed E-state index contributed by atoms with van der Waals surface area (Å²) in [6, 6.07) is 13.8. The van der Waals surface area contributed by atoms with Crippen molar-refractivity contribution in [2.24, 2.45) is 0 Å². The van der Waals surface area contributed by atoms with Crippen molar-refractivity contribution < 1.29 is 0 Å². The first-order valence-electron chi connectivity index (χ1n) is 6.91. The van der Waals surface area contributed by atoms with Crippen LogP contribution in [0.5, 0.6) is 0 Å². The quantitative estimate of drug-likeness (QED) is 0.440. The second kappa shape index (κ2) is 8.24. The number of nitrogens with one attached hydrogen (secondary N) is 4. The molecule has 0 atom stereocenters. The third-order valence-electron chi connectivity index (χ3n) is 3.22. The zero-order valence-electron chi connectivity index (χ0n) is 12.7. The Morgan fingerprint density at radius 3 is 2.26 bits per heavy atom. The molecular weight excluding hydrogens is 392 g/mol. The Morgan fingerprint density at radius 2 is 1.57 bits per heavy atom. The second-order valence-electron chi connectivity index (χ2n) is 4.92. The van der Waals surface area contributed by atoms with Crippen LogP contribution in [-0.4, -0.2) is 10.2 Å². The van der Waals surface area contributed by atoms with Crippen LogP contribution in [0, 0.1) is 13.8 Å². The van der Waals surface area contributed by atoms with Crippen LogP contribution in [0.2, 0.25) is 0 Å². The highest BCUT2D eigenvalue weighted by Gasteiger charge is 2.03. The number of hydrazine groups is 1. The topological polar surface area (TPSA) is 48.1 Å². The fraction of sp³-hybridized carbons (Fsp3) is 0.125. The molecule has 0 spiro atoms. The Morgan fingerprint density at radius 1 is 0.913 bits per heavy atom. The lowest BCUT2D eigenvalue weighted by Crippen LogP contribution is -2.45. The highest BCUT2D eigenvalue weighted by Crippen LogP contribution is 2.17. The molecule has 4 nitrogen and oxygen atoms in total. The van der Waals surface area contributed by atoms with Crippen molar-refractivity contribution in [3.63, 3.8) is 0 Å². The molecule has 0 bridgehead atoms. The molecule has 0 unspecified atom stereocenters. The van der Waals surface area contributed by atoms with Gasteiger partial charge in [0.15, 0.2) is 10.2 Å². The summed E-state index contributed by atoms with van der Waals surface area (Å²) in [7, 11) is 0. The van der Waals surface area contributed by atoms with Gasteiger partial charge in [0.2, 0.25) is 0 Å². The molecule has 2 aromatic rings. The van der Waals surface area contributed by atoms with Gasteiger partial charge >= 0.3 is 0 Å². The van der Waals surface area contributed by atoms with E-state index in [0.29, 0.717) is 10.2 Å². The molecule has 2 rings (SSSR count). The van der Waals surface area contributed by atoms with E-state index in [1.807, 2.05) is 43.3 Å². The van der Waals surface area contributed by atoms with Gasteiger partial charge in [-0.15, -0.1) is 0 Å². The minimum absolute atomic E-state index is 0.424. The number of thiocarbonyl (C=S) groups is 2. The van der Waals surface area contributed by atoms with Gasteiger partial charge in [0.25, 0.3) is 0 Å². The van der Waals surface area contributed by atoms with Crippen molar-refractivity contribution in [1.82, 2.24) is 10.9 Å². The summed E-state index contributed by atoms with van der Waals surface area (Å²) in [5.41, 5.74) is 9.94. The SMILES string of the molecule is Cc1cccc(NC(=S)NNC(=S)Nc2cccc(Br)c2)c1C. The van der Waals surface area contributed by atoms with E-state index < -0.39 is 0 Å². The molecule has 0 amide bonds. The van der Waals surface area contributed by atoms with Gasteiger partial charge in [-0.05, 0) is 73.7 Å². The summed E-state index contributed by atoms with van der Waals surface area (Å²) in [6.07, 6.45) is 0. The summed E-state index contributed by atoms with van der Waals surface area (Å²) < 4.78 is 0.977. The molecule has 0 aliphatic carbocycles. The number of aryl methyl sites for hydroxylation is 1. The molecule has 120 valence electrons. The molecule has 4 N–H and O–H groups in total. The molecule has 0 heterocycles. The zero-order valence-corrected chi connectivity index (χ0v) is 16.0. The summed E-state index contributed by atoms with van der Waals surface area (Å²) >= 11 is 13.9. The third kappa shape index (κ3) is 5.46. The van der Waals surface area contributed by atoms with Gasteiger partial charge in [-0.2, -0.15) is 0 Å². The minimum Gasteiger partial charge on any atom is -0.331 e. The second-order valence-corrected chi connectivity index (χ2v) is 6.65. The fourth-order valence-corrected chi connectivity index (χ4v) is 2.61. The number of rotatable bonds is 2. The van der Waals surface area contributed by atoms with Crippen LogP contribution in [0.3, 0.4) is 0 Å². The molecule has 0 aromatic heterocycles. The lowest BCUT2D eigenvalue weighted by molar-refractivity contribution is 0.885. The Labute approximate surface area is 155 Å². The first-order valence-corrected chi connectivity index (χ1v) is 8.52. The van der Waals surface area contributed by atoms with Crippen LogP contribution in [0.1, 0.15) is 11.1 Å². The van der Waals surface area contributed by atoms with Crippen molar-refractivity contribution in [3.05, 3.63) is 58.1 Å². The molecular formula is C16H17BrN4S2. The molecule has 7 heteroatoms. The lowest BCUT2D eigenvalue weighted by atomic mass is 10.1.